The van der Waals surface area contributed by atoms with Gasteiger partial charge in [0.1, 0.15) is 0 Å². The molecule has 0 aromatic rings. The fraction of sp³-hybridized carbons (Fsp3) is 0.929. The van der Waals surface area contributed by atoms with E-state index in [0.717, 1.165) is 23.0 Å². The molecular formula is C14H26N2S2. The quantitative estimate of drug-likeness (QED) is 0.832. The smallest absolute Gasteiger partial charge is 0.157 e. The summed E-state index contributed by atoms with van der Waals surface area (Å²) in [4.78, 5) is 4.71. The van der Waals surface area contributed by atoms with Gasteiger partial charge >= 0.3 is 0 Å². The Balaban J connectivity index is 1.76. The molecule has 3 atom stereocenters. The zero-order valence-corrected chi connectivity index (χ0v) is 13.4. The normalized spacial score (nSPS) is 32.0. The van der Waals surface area contributed by atoms with Crippen molar-refractivity contribution in [2.45, 2.75) is 62.5 Å². The SMILES string of the molecule is CCC(CC)C1CN=C(NC2CCC(SC)C2)S1. The third-order valence-electron chi connectivity index (χ3n) is 4.30. The third-order valence-corrected chi connectivity index (χ3v) is 6.70. The van der Waals surface area contributed by atoms with Crippen molar-refractivity contribution in [3.63, 3.8) is 0 Å². The standard InChI is InChI=1S/C14H26N2S2/c1-4-10(5-2)13-9-15-14(18-13)16-11-6-7-12(8-11)17-3/h10-13H,4-9H2,1-3H3,(H,15,16). The van der Waals surface area contributed by atoms with Crippen molar-refractivity contribution in [3.8, 4) is 0 Å². The summed E-state index contributed by atoms with van der Waals surface area (Å²) in [6.45, 7) is 5.64. The van der Waals surface area contributed by atoms with Gasteiger partial charge in [0.05, 0.1) is 6.54 Å². The highest BCUT2D eigenvalue weighted by atomic mass is 32.2. The van der Waals surface area contributed by atoms with Crippen molar-refractivity contribution >= 4 is 28.7 Å². The van der Waals surface area contributed by atoms with Crippen LogP contribution in [0.5, 0.6) is 0 Å². The highest BCUT2D eigenvalue weighted by Crippen LogP contribution is 2.32. The summed E-state index contributed by atoms with van der Waals surface area (Å²) in [6, 6.07) is 0.675. The second-order valence-electron chi connectivity index (χ2n) is 5.39. The van der Waals surface area contributed by atoms with E-state index in [1.807, 2.05) is 23.5 Å². The van der Waals surface area contributed by atoms with Crippen LogP contribution in [0, 0.1) is 5.92 Å². The first-order chi connectivity index (χ1) is 8.76. The lowest BCUT2D eigenvalue weighted by Gasteiger charge is -2.19. The van der Waals surface area contributed by atoms with Crippen molar-refractivity contribution in [2.75, 3.05) is 12.8 Å². The van der Waals surface area contributed by atoms with Gasteiger partial charge in [-0.25, -0.2) is 0 Å². The van der Waals surface area contributed by atoms with Gasteiger partial charge in [-0.2, -0.15) is 11.8 Å². The van der Waals surface area contributed by atoms with E-state index in [2.05, 4.69) is 25.4 Å². The average molecular weight is 287 g/mol. The lowest BCUT2D eigenvalue weighted by Crippen LogP contribution is -2.31. The van der Waals surface area contributed by atoms with Crippen LogP contribution >= 0.6 is 23.5 Å². The van der Waals surface area contributed by atoms with Crippen LogP contribution in [0.3, 0.4) is 0 Å². The largest absolute Gasteiger partial charge is 0.362 e. The molecule has 0 aromatic carbocycles. The minimum Gasteiger partial charge on any atom is -0.362 e. The fourth-order valence-electron chi connectivity index (χ4n) is 2.99. The maximum Gasteiger partial charge on any atom is 0.157 e. The van der Waals surface area contributed by atoms with E-state index >= 15 is 0 Å². The van der Waals surface area contributed by atoms with Gasteiger partial charge in [-0.15, -0.1) is 0 Å². The molecule has 0 saturated heterocycles. The van der Waals surface area contributed by atoms with E-state index in [9.17, 15) is 0 Å². The first-order valence-corrected chi connectivity index (χ1v) is 9.44. The topological polar surface area (TPSA) is 24.4 Å². The van der Waals surface area contributed by atoms with Crippen molar-refractivity contribution in [3.05, 3.63) is 0 Å². The van der Waals surface area contributed by atoms with E-state index in [-0.39, 0.29) is 0 Å². The lowest BCUT2D eigenvalue weighted by molar-refractivity contribution is 0.479. The minimum absolute atomic E-state index is 0.675. The number of thioether (sulfide) groups is 2. The summed E-state index contributed by atoms with van der Waals surface area (Å²) in [5.74, 6) is 0.834. The Bertz CT molecular complexity index is 290. The van der Waals surface area contributed by atoms with Gasteiger partial charge in [-0.3, -0.25) is 4.99 Å². The summed E-state index contributed by atoms with van der Waals surface area (Å²) in [5.41, 5.74) is 0. The molecule has 4 heteroatoms. The molecule has 2 nitrogen and oxygen atoms in total. The number of nitrogens with one attached hydrogen (secondary N) is 1. The van der Waals surface area contributed by atoms with Gasteiger partial charge in [0.25, 0.3) is 0 Å². The molecule has 2 aliphatic rings. The number of aliphatic imine (C=N–C) groups is 1. The van der Waals surface area contributed by atoms with Gasteiger partial charge < -0.3 is 5.32 Å². The summed E-state index contributed by atoms with van der Waals surface area (Å²) in [6.07, 6.45) is 8.81. The van der Waals surface area contributed by atoms with Crippen molar-refractivity contribution in [1.82, 2.24) is 5.32 Å². The number of amidine groups is 1. The molecule has 1 aliphatic carbocycles. The molecule has 0 amide bonds. The monoisotopic (exact) mass is 286 g/mol. The van der Waals surface area contributed by atoms with Crippen LogP contribution in [0.2, 0.25) is 0 Å². The van der Waals surface area contributed by atoms with Gasteiger partial charge in [0.15, 0.2) is 5.17 Å². The molecule has 1 aliphatic heterocycles. The Kier molecular flexibility index (Phi) is 5.74. The van der Waals surface area contributed by atoms with Crippen LogP contribution in [0.25, 0.3) is 0 Å². The van der Waals surface area contributed by atoms with Crippen molar-refractivity contribution in [2.24, 2.45) is 10.9 Å². The predicted octanol–water partition coefficient (Wildman–Crippen LogP) is 3.77. The fourth-order valence-corrected chi connectivity index (χ4v) is 5.18. The summed E-state index contributed by atoms with van der Waals surface area (Å²) < 4.78 is 0. The zero-order chi connectivity index (χ0) is 13.0. The number of hydrogen-bond acceptors (Lipinski definition) is 4. The van der Waals surface area contributed by atoms with Crippen LogP contribution < -0.4 is 5.32 Å². The van der Waals surface area contributed by atoms with Gasteiger partial charge in [0, 0.05) is 16.5 Å². The molecule has 0 aromatic heterocycles. The minimum atomic E-state index is 0.675. The Morgan fingerprint density at radius 3 is 2.78 bits per heavy atom. The molecule has 3 unspecified atom stereocenters. The molecular weight excluding hydrogens is 260 g/mol. The molecule has 2 rings (SSSR count). The van der Waals surface area contributed by atoms with Crippen LogP contribution in [0.15, 0.2) is 4.99 Å². The Morgan fingerprint density at radius 2 is 2.17 bits per heavy atom. The Morgan fingerprint density at radius 1 is 1.39 bits per heavy atom. The molecule has 104 valence electrons. The molecule has 0 bridgehead atoms. The second kappa shape index (κ2) is 7.09. The molecule has 1 saturated carbocycles. The average Bonchev–Trinajstić information content (AvgIpc) is 3.01. The molecule has 1 heterocycles. The van der Waals surface area contributed by atoms with E-state index in [1.54, 1.807) is 0 Å². The first-order valence-electron chi connectivity index (χ1n) is 7.27. The predicted molar refractivity (Wildman–Crippen MR) is 85.8 cm³/mol. The first kappa shape index (κ1) is 14.6. The Hall–Kier alpha value is 0.170. The van der Waals surface area contributed by atoms with Crippen LogP contribution in [0.1, 0.15) is 46.0 Å². The Labute approximate surface area is 120 Å². The molecule has 18 heavy (non-hydrogen) atoms. The van der Waals surface area contributed by atoms with Crippen LogP contribution in [0.4, 0.5) is 0 Å². The van der Waals surface area contributed by atoms with Gasteiger partial charge in [0.2, 0.25) is 0 Å². The van der Waals surface area contributed by atoms with Crippen LogP contribution in [-0.2, 0) is 0 Å². The van der Waals surface area contributed by atoms with E-state index in [0.29, 0.717) is 6.04 Å². The highest BCUT2D eigenvalue weighted by molar-refractivity contribution is 8.14. The second-order valence-corrected chi connectivity index (χ2v) is 7.76. The number of hydrogen-bond donors (Lipinski definition) is 1. The molecule has 1 N–H and O–H groups in total. The lowest BCUT2D eigenvalue weighted by atomic mass is 9.99. The molecule has 0 radical (unpaired) electrons. The van der Waals surface area contributed by atoms with Gasteiger partial charge in [-0.05, 0) is 31.4 Å². The number of rotatable bonds is 5. The zero-order valence-electron chi connectivity index (χ0n) is 11.8. The van der Waals surface area contributed by atoms with Crippen LogP contribution in [-0.4, -0.2) is 34.5 Å². The maximum atomic E-state index is 4.71. The van der Waals surface area contributed by atoms with E-state index < -0.39 is 0 Å². The highest BCUT2D eigenvalue weighted by Gasteiger charge is 2.29. The van der Waals surface area contributed by atoms with Crippen molar-refractivity contribution < 1.29 is 0 Å². The summed E-state index contributed by atoms with van der Waals surface area (Å²) in [5, 5.41) is 6.48. The summed E-state index contributed by atoms with van der Waals surface area (Å²) >= 11 is 4.02. The summed E-state index contributed by atoms with van der Waals surface area (Å²) in [7, 11) is 0. The molecule has 1 fully saturated rings. The maximum absolute atomic E-state index is 4.71. The molecule has 0 spiro atoms. The van der Waals surface area contributed by atoms with E-state index in [1.165, 1.54) is 37.3 Å². The van der Waals surface area contributed by atoms with Gasteiger partial charge in [-0.1, -0.05) is 38.5 Å². The third kappa shape index (κ3) is 3.60. The van der Waals surface area contributed by atoms with Crippen molar-refractivity contribution in [1.29, 1.82) is 0 Å². The van der Waals surface area contributed by atoms with E-state index in [4.69, 9.17) is 4.99 Å². The number of nitrogens with zero attached hydrogens (tertiary/aromatic N) is 1.